The van der Waals surface area contributed by atoms with E-state index in [-0.39, 0.29) is 11.9 Å². The van der Waals surface area contributed by atoms with Gasteiger partial charge in [-0.15, -0.1) is 0 Å². The average Bonchev–Trinajstić information content (AvgIpc) is 2.37. The van der Waals surface area contributed by atoms with Gasteiger partial charge in [0.15, 0.2) is 0 Å². The Hall–Kier alpha value is -0.900. The SMILES string of the molecule is CNC(Cc1cccc(F)c1)c1ccc(Br)cc1Cl. The maximum Gasteiger partial charge on any atom is 0.123 e. The maximum atomic E-state index is 13.2. The van der Waals surface area contributed by atoms with E-state index in [1.165, 1.54) is 6.07 Å². The number of benzene rings is 2. The molecule has 0 radical (unpaired) electrons. The minimum absolute atomic E-state index is 0.0578. The van der Waals surface area contributed by atoms with E-state index in [0.717, 1.165) is 15.6 Å². The molecule has 0 aromatic heterocycles. The Morgan fingerprint density at radius 1 is 1.26 bits per heavy atom. The first kappa shape index (κ1) is 14.5. The van der Waals surface area contributed by atoms with Crippen LogP contribution in [0.5, 0.6) is 0 Å². The molecular weight excluding hydrogens is 329 g/mol. The van der Waals surface area contributed by atoms with Crippen LogP contribution in [0, 0.1) is 5.82 Å². The Bertz CT molecular complexity index is 574. The van der Waals surface area contributed by atoms with Crippen molar-refractivity contribution < 1.29 is 4.39 Å². The lowest BCUT2D eigenvalue weighted by Crippen LogP contribution is -2.19. The van der Waals surface area contributed by atoms with Crippen molar-refractivity contribution in [2.75, 3.05) is 7.05 Å². The van der Waals surface area contributed by atoms with Crippen molar-refractivity contribution in [2.24, 2.45) is 0 Å². The molecule has 0 saturated carbocycles. The first-order chi connectivity index (χ1) is 9.10. The van der Waals surface area contributed by atoms with Gasteiger partial charge in [-0.2, -0.15) is 0 Å². The van der Waals surface area contributed by atoms with Gasteiger partial charge in [0.05, 0.1) is 0 Å². The lowest BCUT2D eigenvalue weighted by atomic mass is 9.99. The zero-order valence-corrected chi connectivity index (χ0v) is 12.8. The van der Waals surface area contributed by atoms with Gasteiger partial charge in [0, 0.05) is 15.5 Å². The van der Waals surface area contributed by atoms with E-state index in [9.17, 15) is 4.39 Å². The van der Waals surface area contributed by atoms with Gasteiger partial charge in [0.2, 0.25) is 0 Å². The number of hydrogen-bond acceptors (Lipinski definition) is 1. The van der Waals surface area contributed by atoms with Crippen molar-refractivity contribution >= 4 is 27.5 Å². The van der Waals surface area contributed by atoms with Crippen LogP contribution < -0.4 is 5.32 Å². The Morgan fingerprint density at radius 2 is 2.05 bits per heavy atom. The van der Waals surface area contributed by atoms with E-state index in [2.05, 4.69) is 21.2 Å². The van der Waals surface area contributed by atoms with Gasteiger partial charge in [-0.05, 0) is 48.9 Å². The fraction of sp³-hybridized carbons (Fsp3) is 0.200. The van der Waals surface area contributed by atoms with E-state index in [1.54, 1.807) is 12.1 Å². The third kappa shape index (κ3) is 3.78. The van der Waals surface area contributed by atoms with E-state index in [4.69, 9.17) is 11.6 Å². The van der Waals surface area contributed by atoms with Gasteiger partial charge in [0.1, 0.15) is 5.82 Å². The molecule has 0 bridgehead atoms. The van der Waals surface area contributed by atoms with E-state index in [0.29, 0.717) is 11.4 Å². The number of likely N-dealkylation sites (N-methyl/N-ethyl adjacent to an activating group) is 1. The summed E-state index contributed by atoms with van der Waals surface area (Å²) in [6.07, 6.45) is 0.690. The fourth-order valence-corrected chi connectivity index (χ4v) is 2.86. The lowest BCUT2D eigenvalue weighted by molar-refractivity contribution is 0.584. The summed E-state index contributed by atoms with van der Waals surface area (Å²) in [6, 6.07) is 12.5. The highest BCUT2D eigenvalue weighted by atomic mass is 79.9. The minimum atomic E-state index is -0.214. The average molecular weight is 343 g/mol. The monoisotopic (exact) mass is 341 g/mol. The van der Waals surface area contributed by atoms with Crippen LogP contribution in [0.4, 0.5) is 4.39 Å². The van der Waals surface area contributed by atoms with Crippen LogP contribution in [-0.4, -0.2) is 7.05 Å². The van der Waals surface area contributed by atoms with Crippen molar-refractivity contribution in [1.82, 2.24) is 5.32 Å². The Balaban J connectivity index is 2.25. The van der Waals surface area contributed by atoms with Crippen molar-refractivity contribution in [2.45, 2.75) is 12.5 Å². The summed E-state index contributed by atoms with van der Waals surface area (Å²) in [5.41, 5.74) is 1.95. The Kier molecular flexibility index (Phi) is 4.97. The Morgan fingerprint density at radius 3 is 2.68 bits per heavy atom. The maximum absolute atomic E-state index is 13.2. The van der Waals surface area contributed by atoms with Gasteiger partial charge in [-0.1, -0.05) is 45.7 Å². The standard InChI is InChI=1S/C15H14BrClFN/c1-19-15(8-10-3-2-4-12(18)7-10)13-6-5-11(16)9-14(13)17/h2-7,9,15,19H,8H2,1H3. The second-order valence-corrected chi connectivity index (χ2v) is 5.66. The molecule has 0 heterocycles. The van der Waals surface area contributed by atoms with E-state index in [1.807, 2.05) is 31.3 Å². The first-order valence-electron chi connectivity index (χ1n) is 5.97. The number of nitrogens with one attached hydrogen (secondary N) is 1. The highest BCUT2D eigenvalue weighted by Crippen LogP contribution is 2.28. The third-order valence-electron chi connectivity index (χ3n) is 3.02. The van der Waals surface area contributed by atoms with Crippen molar-refractivity contribution in [3.63, 3.8) is 0 Å². The minimum Gasteiger partial charge on any atom is -0.313 e. The second kappa shape index (κ2) is 6.51. The molecule has 0 saturated heterocycles. The first-order valence-corrected chi connectivity index (χ1v) is 7.14. The normalized spacial score (nSPS) is 12.4. The lowest BCUT2D eigenvalue weighted by Gasteiger charge is -2.18. The van der Waals surface area contributed by atoms with Gasteiger partial charge < -0.3 is 5.32 Å². The fourth-order valence-electron chi connectivity index (χ4n) is 2.05. The van der Waals surface area contributed by atoms with Crippen LogP contribution in [0.3, 0.4) is 0 Å². The molecule has 1 nitrogen and oxygen atoms in total. The molecule has 1 N–H and O–H groups in total. The molecule has 100 valence electrons. The molecule has 0 amide bonds. The van der Waals surface area contributed by atoms with Crippen LogP contribution in [0.25, 0.3) is 0 Å². The predicted octanol–water partition coefficient (Wildman–Crippen LogP) is 4.74. The highest BCUT2D eigenvalue weighted by molar-refractivity contribution is 9.10. The molecule has 0 aliphatic rings. The molecule has 4 heteroatoms. The van der Waals surface area contributed by atoms with Gasteiger partial charge in [0.25, 0.3) is 0 Å². The van der Waals surface area contributed by atoms with Crippen LogP contribution in [-0.2, 0) is 6.42 Å². The summed E-state index contributed by atoms with van der Waals surface area (Å²) in [5.74, 6) is -0.214. The molecule has 19 heavy (non-hydrogen) atoms. The van der Waals surface area contributed by atoms with Gasteiger partial charge in [-0.3, -0.25) is 0 Å². The quantitative estimate of drug-likeness (QED) is 0.846. The summed E-state index contributed by atoms with van der Waals surface area (Å²) in [5, 5.41) is 3.92. The largest absolute Gasteiger partial charge is 0.313 e. The summed E-state index contributed by atoms with van der Waals surface area (Å²) >= 11 is 9.65. The van der Waals surface area contributed by atoms with Crippen LogP contribution in [0.2, 0.25) is 5.02 Å². The zero-order chi connectivity index (χ0) is 13.8. The molecule has 0 aliphatic carbocycles. The number of halogens is 3. The van der Waals surface area contributed by atoms with Gasteiger partial charge in [-0.25, -0.2) is 4.39 Å². The zero-order valence-electron chi connectivity index (χ0n) is 10.5. The summed E-state index contributed by atoms with van der Waals surface area (Å²) in [6.45, 7) is 0. The Labute approximate surface area is 125 Å². The van der Waals surface area contributed by atoms with Crippen molar-refractivity contribution in [3.8, 4) is 0 Å². The molecule has 0 aliphatic heterocycles. The topological polar surface area (TPSA) is 12.0 Å². The molecule has 0 fully saturated rings. The molecular formula is C15H14BrClFN. The predicted molar refractivity (Wildman–Crippen MR) is 81.1 cm³/mol. The van der Waals surface area contributed by atoms with Crippen LogP contribution in [0.15, 0.2) is 46.9 Å². The van der Waals surface area contributed by atoms with Crippen molar-refractivity contribution in [3.05, 3.63) is 68.9 Å². The second-order valence-electron chi connectivity index (χ2n) is 4.34. The third-order valence-corrected chi connectivity index (χ3v) is 3.84. The molecule has 2 aromatic carbocycles. The summed E-state index contributed by atoms with van der Waals surface area (Å²) < 4.78 is 14.1. The number of rotatable bonds is 4. The molecule has 1 atom stereocenters. The van der Waals surface area contributed by atoms with Crippen LogP contribution >= 0.6 is 27.5 Å². The van der Waals surface area contributed by atoms with E-state index < -0.39 is 0 Å². The molecule has 2 rings (SSSR count). The van der Waals surface area contributed by atoms with E-state index >= 15 is 0 Å². The highest BCUT2D eigenvalue weighted by Gasteiger charge is 2.14. The smallest absolute Gasteiger partial charge is 0.123 e. The summed E-state index contributed by atoms with van der Waals surface area (Å²) in [7, 11) is 1.88. The molecule has 2 aromatic rings. The summed E-state index contributed by atoms with van der Waals surface area (Å²) in [4.78, 5) is 0. The van der Waals surface area contributed by atoms with Crippen molar-refractivity contribution in [1.29, 1.82) is 0 Å². The number of hydrogen-bond donors (Lipinski definition) is 1. The molecule has 1 unspecified atom stereocenters. The van der Waals surface area contributed by atoms with Gasteiger partial charge >= 0.3 is 0 Å². The van der Waals surface area contributed by atoms with Crippen LogP contribution in [0.1, 0.15) is 17.2 Å². The molecule has 0 spiro atoms.